The number of nitrogens with zero attached hydrogens (tertiary/aromatic N) is 1. The van der Waals surface area contributed by atoms with E-state index in [4.69, 9.17) is 37.1 Å². The third-order valence-corrected chi connectivity index (χ3v) is 17.6. The van der Waals surface area contributed by atoms with Gasteiger partial charge in [-0.15, -0.1) is 0 Å². The van der Waals surface area contributed by atoms with Crippen molar-refractivity contribution in [2.45, 2.75) is 230 Å². The number of benzene rings is 1. The highest BCUT2D eigenvalue weighted by atomic mass is 16.7. The monoisotopic (exact) mass is 1410 g/mol. The van der Waals surface area contributed by atoms with E-state index in [9.17, 15) is 88.2 Å². The highest BCUT2D eigenvalue weighted by molar-refractivity contribution is 5.99. The molecule has 2 saturated heterocycles. The number of ether oxygens (including phenoxy) is 3. The second kappa shape index (κ2) is 41.2. The molecule has 0 bridgehead atoms. The molecule has 2 heterocycles. The number of nitrogens with one attached hydrogen (secondary N) is 10. The third kappa shape index (κ3) is 25.7. The molecule has 0 unspecified atom stereocenters. The number of aliphatic hydroxyl groups excluding tert-OH is 6. The van der Waals surface area contributed by atoms with E-state index in [1.165, 1.54) is 38.1 Å². The average Bonchev–Trinajstić information content (AvgIpc) is 1.42. The Morgan fingerprint density at radius 2 is 1.12 bits per heavy atom. The zero-order valence-corrected chi connectivity index (χ0v) is 57.7. The van der Waals surface area contributed by atoms with Crippen LogP contribution >= 0.6 is 0 Å². The lowest BCUT2D eigenvalue weighted by Crippen LogP contribution is -2.63. The number of hydrogen-bond donors (Lipinski definition) is 20. The van der Waals surface area contributed by atoms with E-state index >= 15 is 0 Å². The zero-order valence-electron chi connectivity index (χ0n) is 57.7. The van der Waals surface area contributed by atoms with Crippen LogP contribution in [0.1, 0.15) is 126 Å². The SMILES string of the molecule is CC[C@@H](C)[C@@H](NC(=O)[C@@H](CCC(N)=O)NC(=O)[C@H](CO)NC(=O)[C@@H](NC(=O)[C@H](N)Cc1ccc(O[C@H]2O[C@@H](CO)[C@@H](O)[C@@H](O)[C@@H]2O)cc1)[C@@H](C)CC)C(=O)N[C@H](C(=O)N[C@@H](CO)C(=O)N[C@H]1C(=O)N[C@@H](C)C(=O)N[C@@H](CCCN=C(N)N)C(=O)N[C@@H]([C@@H](C)CC)C(=O)O[C@H]1C)[C@@H](C)CC. The normalized spacial score (nSPS) is 24.7. The molecule has 2 fully saturated rings. The highest BCUT2D eigenvalue weighted by Crippen LogP contribution is 2.25. The zero-order chi connectivity index (χ0) is 74.7. The highest BCUT2D eigenvalue weighted by Gasteiger charge is 2.46. The van der Waals surface area contributed by atoms with E-state index in [-0.39, 0.29) is 50.4 Å². The van der Waals surface area contributed by atoms with Gasteiger partial charge in [0.1, 0.15) is 96.7 Å². The molecule has 2 aliphatic rings. The number of nitrogens with two attached hydrogens (primary N) is 4. The number of guanidine groups is 1. The molecule has 99 heavy (non-hydrogen) atoms. The van der Waals surface area contributed by atoms with Crippen LogP contribution in [-0.2, 0) is 73.4 Å². The molecule has 0 spiro atoms. The van der Waals surface area contributed by atoms with Crippen LogP contribution < -0.4 is 80.8 Å². The summed E-state index contributed by atoms with van der Waals surface area (Å²) in [6.45, 7) is 13.1. The van der Waals surface area contributed by atoms with Crippen molar-refractivity contribution in [3.8, 4) is 5.75 Å². The van der Waals surface area contributed by atoms with Gasteiger partial charge in [-0.3, -0.25) is 57.7 Å². The molecule has 3 rings (SSSR count). The predicted octanol–water partition coefficient (Wildman–Crippen LogP) is -6.96. The predicted molar refractivity (Wildman–Crippen MR) is 353 cm³/mol. The van der Waals surface area contributed by atoms with Gasteiger partial charge in [-0.1, -0.05) is 93.2 Å². The summed E-state index contributed by atoms with van der Waals surface area (Å²) in [6.07, 6.45) is -8.84. The van der Waals surface area contributed by atoms with Gasteiger partial charge in [0, 0.05) is 13.0 Å². The standard InChI is InChI=1S/C63H105N15O21/c1-11-28(5)43(74-52(87)36(64)24-34-17-19-35(20-18-34)98-62-50(85)49(84)48(83)41(27-81)99-62)57(92)72-39(25-79)55(90)71-38(21-22-42(65)82)54(89)75-45(30(7)13-3)59(94)76-44(29(6)12-2)58(93)73-40(26-80)56(91)78-47-33(10)97-61(96)46(31(8)14-4)77-53(88)37(16-15-23-68-63(66)67)70-51(86)32(9)69-60(47)95/h17-20,28-33,36-41,43-50,62,79-81,83-85H,11-16,21-27,64H2,1-10H3,(H2,65,82)(H,69,95)(H,70,86)(H,71,90)(H,72,92)(H,73,93)(H,74,87)(H,75,89)(H,76,94)(H,77,88)(H,78,91)(H4,66,67,68)/t28-,29-,30+,31-,32-,33-,36+,37-,38+,39-,40-,41-,43-,44-,45+,46-,47+,48+,49+,50-,62-/m0/s1. The van der Waals surface area contributed by atoms with Gasteiger partial charge in [-0.2, -0.15) is 0 Å². The Labute approximate surface area is 574 Å². The summed E-state index contributed by atoms with van der Waals surface area (Å²) >= 11 is 0. The number of cyclic esters (lactones) is 1. The number of hydrogen-bond acceptors (Lipinski definition) is 23. The van der Waals surface area contributed by atoms with E-state index in [2.05, 4.69) is 58.2 Å². The van der Waals surface area contributed by atoms with Crippen LogP contribution in [0.2, 0.25) is 0 Å². The van der Waals surface area contributed by atoms with Crippen LogP contribution in [0, 0.1) is 23.7 Å². The Morgan fingerprint density at radius 3 is 1.63 bits per heavy atom. The van der Waals surface area contributed by atoms with Crippen molar-refractivity contribution >= 4 is 76.9 Å². The fourth-order valence-corrected chi connectivity index (χ4v) is 10.3. The Balaban J connectivity index is 1.81. The molecule has 36 heteroatoms. The molecular weight excluding hydrogens is 1300 g/mol. The van der Waals surface area contributed by atoms with Gasteiger partial charge in [0.2, 0.25) is 71.3 Å². The second-order valence-electron chi connectivity index (χ2n) is 25.2. The van der Waals surface area contributed by atoms with Crippen LogP contribution in [0.4, 0.5) is 0 Å². The molecule has 36 nitrogen and oxygen atoms in total. The first-order valence-corrected chi connectivity index (χ1v) is 33.2. The molecule has 2 aliphatic heterocycles. The van der Waals surface area contributed by atoms with Crippen molar-refractivity contribution in [3.05, 3.63) is 29.8 Å². The lowest BCUT2D eigenvalue weighted by molar-refractivity contribution is -0.277. The van der Waals surface area contributed by atoms with Crippen molar-refractivity contribution in [1.29, 1.82) is 0 Å². The van der Waals surface area contributed by atoms with Gasteiger partial charge >= 0.3 is 5.97 Å². The number of amides is 11. The summed E-state index contributed by atoms with van der Waals surface area (Å²) in [7, 11) is 0. The maximum Gasteiger partial charge on any atom is 0.329 e. The van der Waals surface area contributed by atoms with E-state index in [0.717, 1.165) is 0 Å². The first-order chi connectivity index (χ1) is 46.6. The molecule has 1 aromatic rings. The largest absolute Gasteiger partial charge is 0.462 e. The minimum atomic E-state index is -1.86. The molecule has 0 saturated carbocycles. The van der Waals surface area contributed by atoms with Crippen molar-refractivity contribution in [2.75, 3.05) is 26.4 Å². The second-order valence-corrected chi connectivity index (χ2v) is 25.2. The van der Waals surface area contributed by atoms with E-state index in [1.54, 1.807) is 55.4 Å². The number of carbonyl (C=O) groups excluding carboxylic acids is 12. The molecule has 24 N–H and O–H groups in total. The molecular formula is C63H105N15O21. The Bertz CT molecular complexity index is 2930. The maximum atomic E-state index is 14.5. The van der Waals surface area contributed by atoms with Crippen LogP contribution in [-0.4, -0.2) is 237 Å². The van der Waals surface area contributed by atoms with Crippen molar-refractivity contribution in [1.82, 2.24) is 53.2 Å². The van der Waals surface area contributed by atoms with Gasteiger partial charge in [0.05, 0.1) is 25.9 Å². The number of primary amides is 1. The minimum absolute atomic E-state index is 0.00888. The van der Waals surface area contributed by atoms with Crippen molar-refractivity contribution < 1.29 is 102 Å². The average molecular weight is 1410 g/mol. The smallest absolute Gasteiger partial charge is 0.329 e. The summed E-state index contributed by atoms with van der Waals surface area (Å²) < 4.78 is 16.7. The van der Waals surface area contributed by atoms with Gasteiger partial charge in [0.25, 0.3) is 0 Å². The number of rotatable bonds is 36. The molecule has 11 amide bonds. The number of aliphatic hydroxyl groups is 6. The Kier molecular flexibility index (Phi) is 35.3. The van der Waals surface area contributed by atoms with Crippen molar-refractivity contribution in [3.63, 3.8) is 0 Å². The van der Waals surface area contributed by atoms with E-state index < -0.39 is 231 Å². The molecule has 0 aromatic heterocycles. The first-order valence-electron chi connectivity index (χ1n) is 33.2. The van der Waals surface area contributed by atoms with Crippen LogP contribution in [0.5, 0.6) is 5.75 Å². The third-order valence-electron chi connectivity index (χ3n) is 17.6. The summed E-state index contributed by atoms with van der Waals surface area (Å²) in [6, 6.07) is -10.6. The fraction of sp³-hybridized carbons (Fsp3) is 0.698. The molecule has 0 radical (unpaired) electrons. The van der Waals surface area contributed by atoms with Gasteiger partial charge in [-0.25, -0.2) is 4.79 Å². The Hall–Kier alpha value is -8.39. The summed E-state index contributed by atoms with van der Waals surface area (Å²) in [5.74, 6) is -14.3. The Morgan fingerprint density at radius 1 is 0.616 bits per heavy atom. The topological polar surface area (TPSA) is 591 Å². The summed E-state index contributed by atoms with van der Waals surface area (Å²) in [4.78, 5) is 170. The van der Waals surface area contributed by atoms with Crippen LogP contribution in [0.15, 0.2) is 29.3 Å². The van der Waals surface area contributed by atoms with E-state index in [0.29, 0.717) is 18.4 Å². The first kappa shape index (κ1) is 84.8. The number of carbonyl (C=O) groups is 12. The van der Waals surface area contributed by atoms with Crippen LogP contribution in [0.3, 0.4) is 0 Å². The maximum absolute atomic E-state index is 14.5. The van der Waals surface area contributed by atoms with Crippen molar-refractivity contribution in [2.24, 2.45) is 51.6 Å². The van der Waals surface area contributed by atoms with Gasteiger partial charge < -0.3 is 121 Å². The quantitative estimate of drug-likeness (QED) is 0.0128. The lowest BCUT2D eigenvalue weighted by atomic mass is 9.94. The fourth-order valence-electron chi connectivity index (χ4n) is 10.3. The van der Waals surface area contributed by atoms with Crippen LogP contribution in [0.25, 0.3) is 0 Å². The molecule has 558 valence electrons. The molecule has 1 aromatic carbocycles. The van der Waals surface area contributed by atoms with Gasteiger partial charge in [-0.05, 0) is 80.9 Å². The number of esters is 1. The molecule has 0 aliphatic carbocycles. The number of aliphatic imine (C=N–C) groups is 1. The minimum Gasteiger partial charge on any atom is -0.462 e. The lowest BCUT2D eigenvalue weighted by Gasteiger charge is -2.39. The summed E-state index contributed by atoms with van der Waals surface area (Å²) in [5.41, 5.74) is 23.1. The summed E-state index contributed by atoms with van der Waals surface area (Å²) in [5, 5.41) is 86.1. The molecule has 21 atom stereocenters. The van der Waals surface area contributed by atoms with E-state index in [1.807, 2.05) is 0 Å². The van der Waals surface area contributed by atoms with Gasteiger partial charge in [0.15, 0.2) is 5.96 Å².